The second kappa shape index (κ2) is 13.9. The minimum atomic E-state index is -1.03. The second-order valence-corrected chi connectivity index (χ2v) is 9.78. The number of benzene rings is 2. The first-order valence-corrected chi connectivity index (χ1v) is 13.7. The Kier molecular flexibility index (Phi) is 10.6. The van der Waals surface area contributed by atoms with Crippen molar-refractivity contribution in [2.75, 3.05) is 12.0 Å². The van der Waals surface area contributed by atoms with E-state index in [4.69, 9.17) is 9.15 Å². The smallest absolute Gasteiger partial charge is 0.326 e. The third kappa shape index (κ3) is 7.48. The fraction of sp³-hybridized carbons (Fsp3) is 0.379. The van der Waals surface area contributed by atoms with E-state index in [-0.39, 0.29) is 6.10 Å². The van der Waals surface area contributed by atoms with E-state index in [9.17, 15) is 14.7 Å². The van der Waals surface area contributed by atoms with Crippen molar-refractivity contribution >= 4 is 23.6 Å². The number of carboxylic acid groups (broad SMARTS) is 1. The number of rotatable bonds is 14. The highest BCUT2D eigenvalue weighted by molar-refractivity contribution is 7.98. The van der Waals surface area contributed by atoms with Gasteiger partial charge in [0, 0.05) is 5.56 Å². The van der Waals surface area contributed by atoms with Crippen LogP contribution in [0, 0.1) is 6.92 Å². The molecule has 0 radical (unpaired) electrons. The molecule has 3 aromatic rings. The Bertz CT molecular complexity index is 1130. The summed E-state index contributed by atoms with van der Waals surface area (Å²) in [4.78, 5) is 25.0. The number of unbranched alkanes of at least 4 members (excludes halogenated alkanes) is 1. The van der Waals surface area contributed by atoms with Crippen molar-refractivity contribution in [2.45, 2.75) is 58.3 Å². The number of aliphatic carboxylic acids is 1. The van der Waals surface area contributed by atoms with Gasteiger partial charge in [0.2, 0.25) is 0 Å². The van der Waals surface area contributed by atoms with Crippen molar-refractivity contribution in [3.8, 4) is 11.1 Å². The molecule has 2 atom stereocenters. The molecule has 36 heavy (non-hydrogen) atoms. The lowest BCUT2D eigenvalue weighted by atomic mass is 9.93. The number of hydrogen-bond donors (Lipinski definition) is 2. The Hall–Kier alpha value is -3.03. The van der Waals surface area contributed by atoms with Crippen LogP contribution < -0.4 is 5.32 Å². The van der Waals surface area contributed by atoms with Crippen LogP contribution in [0.3, 0.4) is 0 Å². The van der Waals surface area contributed by atoms with Crippen molar-refractivity contribution < 1.29 is 23.8 Å². The van der Waals surface area contributed by atoms with Crippen LogP contribution in [0.2, 0.25) is 0 Å². The largest absolute Gasteiger partial charge is 0.480 e. The summed E-state index contributed by atoms with van der Waals surface area (Å²) in [5.41, 5.74) is 4.07. The number of thioether (sulfide) groups is 1. The minimum absolute atomic E-state index is 0.141. The maximum atomic E-state index is 13.3. The summed E-state index contributed by atoms with van der Waals surface area (Å²) in [6.45, 7) is 4.51. The predicted molar refractivity (Wildman–Crippen MR) is 144 cm³/mol. The average molecular weight is 510 g/mol. The van der Waals surface area contributed by atoms with E-state index in [1.807, 2.05) is 61.7 Å². The molecule has 7 heteroatoms. The molecule has 192 valence electrons. The molecular weight excluding hydrogens is 474 g/mol. The van der Waals surface area contributed by atoms with Crippen LogP contribution in [-0.4, -0.2) is 35.0 Å². The van der Waals surface area contributed by atoms with Gasteiger partial charge in [0.05, 0.1) is 12.9 Å². The first-order chi connectivity index (χ1) is 17.4. The normalized spacial score (nSPS) is 12.8. The number of carbonyl (C=O) groups excluding carboxylic acids is 1. The van der Waals surface area contributed by atoms with Crippen molar-refractivity contribution in [3.05, 3.63) is 83.3 Å². The molecule has 1 amide bonds. The number of furan rings is 1. The lowest BCUT2D eigenvalue weighted by Gasteiger charge is -2.19. The van der Waals surface area contributed by atoms with Crippen LogP contribution in [0.1, 0.15) is 66.0 Å². The highest BCUT2D eigenvalue weighted by Gasteiger charge is 2.23. The zero-order chi connectivity index (χ0) is 25.9. The standard InChI is InChI=1S/C29H35NO5S/c1-4-5-11-27(26-12-8-16-34-26)35-19-21-13-14-23(24(18-21)22-10-7-6-9-20(22)2)28(31)30-25(29(32)33)15-17-36-3/h6-10,12-14,16,18,25,27H,4-5,11,15,17,19H2,1-3H3,(H,30,31)(H,32,33)/t25-,27?/m0/s1. The molecule has 0 aliphatic carbocycles. The van der Waals surface area contributed by atoms with Crippen LogP contribution in [0.4, 0.5) is 0 Å². The third-order valence-corrected chi connectivity index (χ3v) is 6.75. The van der Waals surface area contributed by atoms with Crippen molar-refractivity contribution in [3.63, 3.8) is 0 Å². The van der Waals surface area contributed by atoms with Crippen molar-refractivity contribution in [1.29, 1.82) is 0 Å². The van der Waals surface area contributed by atoms with Gasteiger partial charge < -0.3 is 19.6 Å². The number of hydrogen-bond acceptors (Lipinski definition) is 5. The zero-order valence-corrected chi connectivity index (χ0v) is 22.0. The van der Waals surface area contributed by atoms with Crippen LogP contribution in [0.5, 0.6) is 0 Å². The van der Waals surface area contributed by atoms with E-state index in [0.29, 0.717) is 24.3 Å². The molecule has 6 nitrogen and oxygen atoms in total. The molecule has 0 aliphatic heterocycles. The molecule has 2 N–H and O–H groups in total. The molecule has 0 saturated heterocycles. The first kappa shape index (κ1) is 27.6. The van der Waals surface area contributed by atoms with E-state index < -0.39 is 17.9 Å². The number of nitrogens with one attached hydrogen (secondary N) is 1. The maximum Gasteiger partial charge on any atom is 0.326 e. The van der Waals surface area contributed by atoms with E-state index in [1.54, 1.807) is 24.1 Å². The third-order valence-electron chi connectivity index (χ3n) is 6.11. The lowest BCUT2D eigenvalue weighted by Crippen LogP contribution is -2.41. The molecule has 1 unspecified atom stereocenters. The van der Waals surface area contributed by atoms with Crippen molar-refractivity contribution in [1.82, 2.24) is 5.32 Å². The van der Waals surface area contributed by atoms with Crippen LogP contribution >= 0.6 is 11.8 Å². The van der Waals surface area contributed by atoms with E-state index >= 15 is 0 Å². The van der Waals surface area contributed by atoms with E-state index in [1.165, 1.54) is 0 Å². The summed E-state index contributed by atoms with van der Waals surface area (Å²) in [5, 5.41) is 12.3. The van der Waals surface area contributed by atoms with Gasteiger partial charge >= 0.3 is 5.97 Å². The number of carbonyl (C=O) groups is 2. The molecule has 2 aromatic carbocycles. The number of carboxylic acids is 1. The SMILES string of the molecule is CCCCC(OCc1ccc(C(=O)N[C@@H](CCSC)C(=O)O)c(-c2ccccc2C)c1)c1ccco1. The minimum Gasteiger partial charge on any atom is -0.480 e. The van der Waals surface area contributed by atoms with Gasteiger partial charge in [-0.25, -0.2) is 4.79 Å². The molecule has 0 fully saturated rings. The highest BCUT2D eigenvalue weighted by Crippen LogP contribution is 2.30. The van der Waals surface area contributed by atoms with Gasteiger partial charge in [-0.05, 0) is 78.3 Å². The first-order valence-electron chi connectivity index (χ1n) is 12.3. The highest BCUT2D eigenvalue weighted by atomic mass is 32.2. The molecule has 0 bridgehead atoms. The Morgan fingerprint density at radius 1 is 1.08 bits per heavy atom. The summed E-state index contributed by atoms with van der Waals surface area (Å²) in [6, 6.07) is 16.3. The number of amides is 1. The fourth-order valence-corrected chi connectivity index (χ4v) is 4.55. The molecule has 0 aliphatic rings. The van der Waals surface area contributed by atoms with Gasteiger partial charge in [-0.15, -0.1) is 0 Å². The van der Waals surface area contributed by atoms with Gasteiger partial charge in [-0.3, -0.25) is 4.79 Å². The van der Waals surface area contributed by atoms with Crippen LogP contribution in [0.25, 0.3) is 11.1 Å². The fourth-order valence-electron chi connectivity index (χ4n) is 4.07. The van der Waals surface area contributed by atoms with Gasteiger partial charge in [0.15, 0.2) is 0 Å². The van der Waals surface area contributed by atoms with Gasteiger partial charge in [-0.2, -0.15) is 11.8 Å². The molecule has 1 aromatic heterocycles. The van der Waals surface area contributed by atoms with Crippen molar-refractivity contribution in [2.24, 2.45) is 0 Å². The number of ether oxygens (including phenoxy) is 1. The molecule has 1 heterocycles. The monoisotopic (exact) mass is 509 g/mol. The molecule has 3 rings (SSSR count). The summed E-state index contributed by atoms with van der Waals surface area (Å²) >= 11 is 1.55. The summed E-state index contributed by atoms with van der Waals surface area (Å²) < 4.78 is 11.9. The van der Waals surface area contributed by atoms with Crippen LogP contribution in [-0.2, 0) is 16.1 Å². The predicted octanol–water partition coefficient (Wildman–Crippen LogP) is 6.64. The molecular formula is C29H35NO5S. The second-order valence-electron chi connectivity index (χ2n) is 8.80. The summed E-state index contributed by atoms with van der Waals surface area (Å²) in [5.74, 6) is 0.0256. The topological polar surface area (TPSA) is 88.8 Å². The Morgan fingerprint density at radius 3 is 2.56 bits per heavy atom. The zero-order valence-electron chi connectivity index (χ0n) is 21.2. The van der Waals surface area contributed by atoms with E-state index in [2.05, 4.69) is 12.2 Å². The van der Waals surface area contributed by atoms with E-state index in [0.717, 1.165) is 47.3 Å². The molecule has 0 saturated carbocycles. The van der Waals surface area contributed by atoms with Crippen LogP contribution in [0.15, 0.2) is 65.3 Å². The number of aryl methyl sites for hydroxylation is 1. The Labute approximate surface area is 217 Å². The summed E-state index contributed by atoms with van der Waals surface area (Å²) in [7, 11) is 0. The quantitative estimate of drug-likeness (QED) is 0.253. The maximum absolute atomic E-state index is 13.3. The van der Waals surface area contributed by atoms with Gasteiger partial charge in [0.25, 0.3) is 5.91 Å². The average Bonchev–Trinajstić information content (AvgIpc) is 3.41. The van der Waals surface area contributed by atoms with Gasteiger partial charge in [-0.1, -0.05) is 50.1 Å². The Morgan fingerprint density at radius 2 is 1.89 bits per heavy atom. The van der Waals surface area contributed by atoms with Gasteiger partial charge in [0.1, 0.15) is 17.9 Å². The lowest BCUT2D eigenvalue weighted by molar-refractivity contribution is -0.139. The Balaban J connectivity index is 1.88. The summed E-state index contributed by atoms with van der Waals surface area (Å²) in [6.07, 6.45) is 6.75. The molecule has 0 spiro atoms.